The first kappa shape index (κ1) is 24.9. The number of carbonyl (C=O) groups excluding carboxylic acids is 3. The van der Waals surface area contributed by atoms with Crippen LogP contribution in [0.5, 0.6) is 0 Å². The lowest BCUT2D eigenvalue weighted by atomic mass is 9.97. The Morgan fingerprint density at radius 1 is 1.32 bits per heavy atom. The molecule has 0 bridgehead atoms. The summed E-state index contributed by atoms with van der Waals surface area (Å²) in [6, 6.07) is -1.41. The molecule has 11 nitrogen and oxygen atoms in total. The summed E-state index contributed by atoms with van der Waals surface area (Å²) in [6.07, 6.45) is 0.351. The van der Waals surface area contributed by atoms with Gasteiger partial charge in [-0.2, -0.15) is 0 Å². The number of nitrogens with zero attached hydrogens (tertiary/aromatic N) is 1. The van der Waals surface area contributed by atoms with Crippen LogP contribution in [0.25, 0.3) is 0 Å². The molecule has 2 atom stereocenters. The number of carboxylic acid groups (broad SMARTS) is 1. The third-order valence-electron chi connectivity index (χ3n) is 5.53. The lowest BCUT2D eigenvalue weighted by Gasteiger charge is -2.36. The minimum Gasteiger partial charge on any atom is -0.480 e. The van der Waals surface area contributed by atoms with Crippen molar-refractivity contribution in [2.45, 2.75) is 64.5 Å². The van der Waals surface area contributed by atoms with Crippen LogP contribution in [0, 0.1) is 11.8 Å². The standard InChI is InChI=1S/C20H33N3O8/c1-4-20(10-29-12-30-11-20)31-19(28)22-23(16(24)6-5-13(2)3)15(18(26)27)9-14-7-8-21-17(14)25/h13-15H,4-12H2,1-3H3,(H,21,25)(H,22,28)(H,26,27). The van der Waals surface area contributed by atoms with E-state index in [1.54, 1.807) is 6.92 Å². The molecule has 0 saturated carbocycles. The minimum absolute atomic E-state index is 0.0454. The summed E-state index contributed by atoms with van der Waals surface area (Å²) in [4.78, 5) is 49.5. The van der Waals surface area contributed by atoms with Gasteiger partial charge in [-0.1, -0.05) is 20.8 Å². The zero-order valence-corrected chi connectivity index (χ0v) is 18.3. The van der Waals surface area contributed by atoms with Gasteiger partial charge in [-0.3, -0.25) is 9.59 Å². The molecule has 3 N–H and O–H groups in total. The SMILES string of the molecule is CCC1(OC(=O)NN(C(=O)CCC(C)C)C(CC2CCNC2=O)C(=O)O)COCOC1. The van der Waals surface area contributed by atoms with Gasteiger partial charge in [-0.25, -0.2) is 20.0 Å². The van der Waals surface area contributed by atoms with Crippen molar-refractivity contribution in [3.63, 3.8) is 0 Å². The van der Waals surface area contributed by atoms with Crippen LogP contribution in [-0.4, -0.2) is 72.2 Å². The fourth-order valence-electron chi connectivity index (χ4n) is 3.51. The van der Waals surface area contributed by atoms with Crippen LogP contribution in [0.15, 0.2) is 0 Å². The number of hydrogen-bond acceptors (Lipinski definition) is 7. The van der Waals surface area contributed by atoms with Crippen LogP contribution >= 0.6 is 0 Å². The van der Waals surface area contributed by atoms with Gasteiger partial charge in [0.05, 0.1) is 13.2 Å². The molecular weight excluding hydrogens is 410 g/mol. The molecule has 0 aromatic heterocycles. The summed E-state index contributed by atoms with van der Waals surface area (Å²) in [6.45, 7) is 6.47. The summed E-state index contributed by atoms with van der Waals surface area (Å²) in [7, 11) is 0. The maximum atomic E-state index is 12.9. The molecule has 31 heavy (non-hydrogen) atoms. The van der Waals surface area contributed by atoms with E-state index in [-0.39, 0.29) is 44.7 Å². The van der Waals surface area contributed by atoms with Gasteiger partial charge in [-0.05, 0) is 31.6 Å². The van der Waals surface area contributed by atoms with Crippen LogP contribution in [0.2, 0.25) is 0 Å². The van der Waals surface area contributed by atoms with Crippen LogP contribution in [0.3, 0.4) is 0 Å². The molecule has 2 fully saturated rings. The number of aliphatic carboxylic acids is 1. The monoisotopic (exact) mass is 443 g/mol. The summed E-state index contributed by atoms with van der Waals surface area (Å²) >= 11 is 0. The van der Waals surface area contributed by atoms with Crippen LogP contribution < -0.4 is 10.7 Å². The average molecular weight is 443 g/mol. The highest BCUT2D eigenvalue weighted by Gasteiger charge is 2.40. The minimum atomic E-state index is -1.41. The molecule has 2 aliphatic heterocycles. The Hall–Kier alpha value is -2.40. The van der Waals surface area contributed by atoms with Gasteiger partial charge in [0.1, 0.15) is 6.79 Å². The van der Waals surface area contributed by atoms with E-state index in [4.69, 9.17) is 14.2 Å². The normalized spacial score (nSPS) is 21.3. The number of rotatable bonds is 9. The van der Waals surface area contributed by atoms with Crippen LogP contribution in [0.1, 0.15) is 52.9 Å². The molecule has 0 radical (unpaired) electrons. The first-order chi connectivity index (χ1) is 14.7. The first-order valence-electron chi connectivity index (χ1n) is 10.6. The maximum Gasteiger partial charge on any atom is 0.426 e. The molecule has 3 amide bonds. The highest BCUT2D eigenvalue weighted by molar-refractivity contribution is 5.87. The predicted octanol–water partition coefficient (Wildman–Crippen LogP) is 1.02. The van der Waals surface area contributed by atoms with Crippen LogP contribution in [0.4, 0.5) is 4.79 Å². The quantitative estimate of drug-likeness (QED) is 0.448. The Morgan fingerprint density at radius 3 is 2.52 bits per heavy atom. The van der Waals surface area contributed by atoms with Crippen molar-refractivity contribution in [2.75, 3.05) is 26.6 Å². The molecule has 0 aromatic rings. The molecule has 0 aromatic carbocycles. The van der Waals surface area contributed by atoms with Crippen molar-refractivity contribution in [1.29, 1.82) is 0 Å². The smallest absolute Gasteiger partial charge is 0.426 e. The summed E-state index contributed by atoms with van der Waals surface area (Å²) < 4.78 is 16.0. The zero-order valence-electron chi connectivity index (χ0n) is 18.3. The van der Waals surface area contributed by atoms with E-state index in [1.165, 1.54) is 0 Å². The fraction of sp³-hybridized carbons (Fsp3) is 0.800. The van der Waals surface area contributed by atoms with Crippen molar-refractivity contribution in [1.82, 2.24) is 15.8 Å². The Labute approximate surface area is 181 Å². The summed E-state index contributed by atoms with van der Waals surface area (Å²) in [5, 5.41) is 13.2. The Kier molecular flexibility index (Phi) is 9.05. The van der Waals surface area contributed by atoms with Crippen molar-refractivity contribution in [3.05, 3.63) is 0 Å². The van der Waals surface area contributed by atoms with Gasteiger partial charge < -0.3 is 24.6 Å². The lowest BCUT2D eigenvalue weighted by Crippen LogP contribution is -2.58. The number of nitrogens with one attached hydrogen (secondary N) is 2. The van der Waals surface area contributed by atoms with Gasteiger partial charge in [0.15, 0.2) is 11.6 Å². The van der Waals surface area contributed by atoms with E-state index in [2.05, 4.69) is 10.7 Å². The number of carbonyl (C=O) groups is 4. The van der Waals surface area contributed by atoms with Crippen molar-refractivity contribution in [2.24, 2.45) is 11.8 Å². The average Bonchev–Trinajstić information content (AvgIpc) is 3.13. The second kappa shape index (κ2) is 11.3. The third-order valence-corrected chi connectivity index (χ3v) is 5.53. The van der Waals surface area contributed by atoms with Gasteiger partial charge in [0, 0.05) is 18.9 Å². The van der Waals surface area contributed by atoms with Gasteiger partial charge >= 0.3 is 12.1 Å². The molecule has 2 saturated heterocycles. The summed E-state index contributed by atoms with van der Waals surface area (Å²) in [5.41, 5.74) is 1.29. The number of hydrogen-bond donors (Lipinski definition) is 3. The van der Waals surface area contributed by atoms with E-state index in [1.807, 2.05) is 13.8 Å². The Bertz CT molecular complexity index is 663. The molecule has 0 spiro atoms. The number of carboxylic acids is 1. The van der Waals surface area contributed by atoms with Crippen molar-refractivity contribution in [3.8, 4) is 0 Å². The number of hydrazine groups is 1. The highest BCUT2D eigenvalue weighted by Crippen LogP contribution is 2.23. The Morgan fingerprint density at radius 2 is 2.00 bits per heavy atom. The molecule has 11 heteroatoms. The molecular formula is C20H33N3O8. The van der Waals surface area contributed by atoms with Gasteiger partial charge in [0.25, 0.3) is 0 Å². The van der Waals surface area contributed by atoms with E-state index in [0.717, 1.165) is 5.01 Å². The zero-order chi connectivity index (χ0) is 23.0. The van der Waals surface area contributed by atoms with E-state index < -0.39 is 35.5 Å². The molecule has 2 aliphatic rings. The third kappa shape index (κ3) is 7.06. The molecule has 176 valence electrons. The summed E-state index contributed by atoms with van der Waals surface area (Å²) in [5.74, 6) is -2.47. The highest BCUT2D eigenvalue weighted by atomic mass is 16.7. The lowest BCUT2D eigenvalue weighted by molar-refractivity contribution is -0.201. The largest absolute Gasteiger partial charge is 0.480 e. The van der Waals surface area contributed by atoms with Gasteiger partial charge in [0.2, 0.25) is 11.8 Å². The van der Waals surface area contributed by atoms with E-state index >= 15 is 0 Å². The van der Waals surface area contributed by atoms with Gasteiger partial charge in [-0.15, -0.1) is 0 Å². The molecule has 2 unspecified atom stereocenters. The predicted molar refractivity (Wildman–Crippen MR) is 107 cm³/mol. The second-order valence-corrected chi connectivity index (χ2v) is 8.42. The maximum absolute atomic E-state index is 12.9. The van der Waals surface area contributed by atoms with Crippen molar-refractivity contribution >= 4 is 23.9 Å². The fourth-order valence-corrected chi connectivity index (χ4v) is 3.51. The number of amides is 3. The van der Waals surface area contributed by atoms with E-state index in [9.17, 15) is 24.3 Å². The van der Waals surface area contributed by atoms with Crippen LogP contribution in [-0.2, 0) is 28.6 Å². The molecule has 2 rings (SSSR count). The first-order valence-corrected chi connectivity index (χ1v) is 10.6. The number of ether oxygens (including phenoxy) is 3. The second-order valence-electron chi connectivity index (χ2n) is 8.42. The van der Waals surface area contributed by atoms with Crippen molar-refractivity contribution < 1.29 is 38.5 Å². The topological polar surface area (TPSA) is 144 Å². The molecule has 2 heterocycles. The molecule has 0 aliphatic carbocycles. The Balaban J connectivity index is 2.17. The van der Waals surface area contributed by atoms with E-state index in [0.29, 0.717) is 25.8 Å².